The van der Waals surface area contributed by atoms with Crippen LogP contribution < -0.4 is 5.32 Å². The lowest BCUT2D eigenvalue weighted by atomic mass is 9.99. The minimum Gasteiger partial charge on any atom is -0.506 e. The van der Waals surface area contributed by atoms with Crippen molar-refractivity contribution in [2.24, 2.45) is 4.99 Å². The summed E-state index contributed by atoms with van der Waals surface area (Å²) in [5, 5.41) is 13.3. The number of carbonyl (C=O) groups is 3. The first kappa shape index (κ1) is 32.2. The average Bonchev–Trinajstić information content (AvgIpc) is 3.01. The Morgan fingerprint density at radius 1 is 1.12 bits per heavy atom. The molecule has 0 aromatic heterocycles. The van der Waals surface area contributed by atoms with E-state index in [2.05, 4.69) is 32.8 Å². The predicted octanol–water partition coefficient (Wildman–Crippen LogP) is 7.15. The second-order valence-electron chi connectivity index (χ2n) is 9.15. The van der Waals surface area contributed by atoms with E-state index in [4.69, 9.17) is 0 Å². The van der Waals surface area contributed by atoms with E-state index in [0.717, 1.165) is 22.9 Å². The molecule has 4 rings (SSSR count). The monoisotopic (exact) mass is 767 g/mol. The van der Waals surface area contributed by atoms with Gasteiger partial charge in [-0.2, -0.15) is 4.99 Å². The number of phenolic OH excluding ortho intramolecular Hbond substituents is 1. The normalized spacial score (nSPS) is 14.9. The number of aliphatic imine (C=N–C) groups is 1. The van der Waals surface area contributed by atoms with Gasteiger partial charge < -0.3 is 10.4 Å². The van der Waals surface area contributed by atoms with E-state index >= 15 is 0 Å². The Balaban J connectivity index is 1.63. The third-order valence-electron chi connectivity index (χ3n) is 6.26. The van der Waals surface area contributed by atoms with E-state index in [0.29, 0.717) is 19.3 Å². The Morgan fingerprint density at radius 3 is 2.30 bits per heavy atom. The lowest BCUT2D eigenvalue weighted by Gasteiger charge is -2.28. The van der Waals surface area contributed by atoms with Crippen molar-refractivity contribution in [1.29, 1.82) is 0 Å². The number of nitrogens with zero attached hydrogens (tertiary/aromatic N) is 2. The standard InChI is InChI=1S/C33H27BrIN3O4S/c1-3-5-16-24(4-2)38-32(42)25(17-21-18-26(34)30(40)27(35)19-21)31(41)37-33(38)43-20-28(39)36-29(22-12-8-6-9-13-22)23-14-10-7-11-15-23/h3-19,29,40H,1,20H2,2H3,(H,36,39)/b16-5-,24-4+,25-17+. The zero-order valence-corrected chi connectivity index (χ0v) is 27.6. The molecule has 0 saturated heterocycles. The summed E-state index contributed by atoms with van der Waals surface area (Å²) in [6.45, 7) is 5.46. The van der Waals surface area contributed by atoms with E-state index in [1.54, 1.807) is 43.4 Å². The van der Waals surface area contributed by atoms with Crippen molar-refractivity contribution in [3.8, 4) is 5.75 Å². The largest absolute Gasteiger partial charge is 0.506 e. The van der Waals surface area contributed by atoms with Gasteiger partial charge in [-0.1, -0.05) is 97.2 Å². The van der Waals surface area contributed by atoms with Crippen molar-refractivity contribution >= 4 is 79.2 Å². The van der Waals surface area contributed by atoms with Crippen LogP contribution in [0.15, 0.2) is 124 Å². The summed E-state index contributed by atoms with van der Waals surface area (Å²) in [5.74, 6) is -1.63. The Bertz CT molecular complexity index is 1610. The van der Waals surface area contributed by atoms with Crippen LogP contribution in [0.4, 0.5) is 0 Å². The predicted molar refractivity (Wildman–Crippen MR) is 184 cm³/mol. The van der Waals surface area contributed by atoms with Gasteiger partial charge >= 0.3 is 0 Å². The number of rotatable bonds is 9. The summed E-state index contributed by atoms with van der Waals surface area (Å²) in [7, 11) is 0. The number of benzene rings is 3. The van der Waals surface area contributed by atoms with E-state index in [1.165, 1.54) is 11.0 Å². The lowest BCUT2D eigenvalue weighted by Crippen LogP contribution is -2.42. The summed E-state index contributed by atoms with van der Waals surface area (Å²) in [4.78, 5) is 45.8. The summed E-state index contributed by atoms with van der Waals surface area (Å²) < 4.78 is 0.974. The molecule has 0 bridgehead atoms. The first-order chi connectivity index (χ1) is 20.7. The first-order valence-electron chi connectivity index (χ1n) is 13.1. The molecule has 10 heteroatoms. The number of amidine groups is 1. The summed E-state index contributed by atoms with van der Waals surface area (Å²) in [6.07, 6.45) is 8.07. The molecule has 218 valence electrons. The van der Waals surface area contributed by atoms with Gasteiger partial charge in [-0.25, -0.2) is 0 Å². The third-order valence-corrected chi connectivity index (χ3v) is 8.63. The maximum Gasteiger partial charge on any atom is 0.285 e. The van der Waals surface area contributed by atoms with Gasteiger partial charge in [0, 0.05) is 5.70 Å². The molecule has 3 amide bonds. The summed E-state index contributed by atoms with van der Waals surface area (Å²) in [6, 6.07) is 22.1. The van der Waals surface area contributed by atoms with Crippen molar-refractivity contribution in [3.63, 3.8) is 0 Å². The van der Waals surface area contributed by atoms with E-state index in [-0.39, 0.29) is 34.2 Å². The second-order valence-corrected chi connectivity index (χ2v) is 12.1. The molecule has 0 aliphatic carbocycles. The molecule has 2 N–H and O–H groups in total. The van der Waals surface area contributed by atoms with E-state index in [9.17, 15) is 19.5 Å². The Labute approximate surface area is 276 Å². The Hall–Kier alpha value is -3.74. The van der Waals surface area contributed by atoms with Crippen molar-refractivity contribution in [2.45, 2.75) is 13.0 Å². The number of hydrogen-bond acceptors (Lipinski definition) is 5. The molecule has 0 spiro atoms. The van der Waals surface area contributed by atoms with E-state index in [1.807, 2.05) is 83.3 Å². The number of hydrogen-bond donors (Lipinski definition) is 2. The van der Waals surface area contributed by atoms with Crippen LogP contribution in [-0.2, 0) is 14.4 Å². The highest BCUT2D eigenvalue weighted by molar-refractivity contribution is 14.1. The van der Waals surface area contributed by atoms with Gasteiger partial charge in [-0.15, -0.1) is 0 Å². The number of aromatic hydroxyl groups is 1. The molecule has 1 aliphatic heterocycles. The van der Waals surface area contributed by atoms with Crippen LogP contribution in [0.3, 0.4) is 0 Å². The quantitative estimate of drug-likeness (QED) is 0.104. The Kier molecular flexibility index (Phi) is 11.3. The van der Waals surface area contributed by atoms with Gasteiger partial charge in [0.15, 0.2) is 5.17 Å². The lowest BCUT2D eigenvalue weighted by molar-refractivity contribution is -0.126. The second kappa shape index (κ2) is 15.1. The molecule has 3 aromatic carbocycles. The number of amides is 3. The molecule has 0 atom stereocenters. The molecule has 3 aromatic rings. The molecule has 0 unspecified atom stereocenters. The van der Waals surface area contributed by atoms with Crippen molar-refractivity contribution in [1.82, 2.24) is 10.2 Å². The first-order valence-corrected chi connectivity index (χ1v) is 15.9. The van der Waals surface area contributed by atoms with Gasteiger partial charge in [0.25, 0.3) is 11.8 Å². The zero-order chi connectivity index (χ0) is 30.9. The molecule has 0 radical (unpaired) electrons. The highest BCUT2D eigenvalue weighted by Gasteiger charge is 2.35. The molecular weight excluding hydrogens is 741 g/mol. The maximum absolute atomic E-state index is 13.8. The molecule has 0 saturated carbocycles. The number of phenols is 1. The summed E-state index contributed by atoms with van der Waals surface area (Å²) in [5.41, 5.74) is 2.69. The smallest absolute Gasteiger partial charge is 0.285 e. The Morgan fingerprint density at radius 2 is 1.74 bits per heavy atom. The maximum atomic E-state index is 13.8. The fraction of sp³-hybridized carbons (Fsp3) is 0.0909. The molecule has 43 heavy (non-hydrogen) atoms. The van der Waals surface area contributed by atoms with Crippen LogP contribution in [0, 0.1) is 3.57 Å². The van der Waals surface area contributed by atoms with Gasteiger partial charge in [-0.05, 0) is 86.4 Å². The topological polar surface area (TPSA) is 99.1 Å². The van der Waals surface area contributed by atoms with E-state index < -0.39 is 11.8 Å². The molecule has 0 fully saturated rings. The number of halogens is 2. The van der Waals surface area contributed by atoms with Crippen molar-refractivity contribution in [2.75, 3.05) is 5.75 Å². The zero-order valence-electron chi connectivity index (χ0n) is 23.0. The van der Waals surface area contributed by atoms with Crippen molar-refractivity contribution < 1.29 is 19.5 Å². The van der Waals surface area contributed by atoms with Crippen LogP contribution in [0.1, 0.15) is 29.7 Å². The van der Waals surface area contributed by atoms with Gasteiger partial charge in [0.2, 0.25) is 5.91 Å². The van der Waals surface area contributed by atoms with Crippen LogP contribution >= 0.6 is 50.3 Å². The fourth-order valence-corrected chi connectivity index (χ4v) is 6.54. The molecule has 1 aliphatic rings. The van der Waals surface area contributed by atoms with Crippen molar-refractivity contribution in [3.05, 3.63) is 140 Å². The SMILES string of the molecule is C=C/C=C\C(=C/C)N1C(=O)/C(=C/c2cc(Br)c(O)c(I)c2)C(=O)N=C1SCC(=O)NC(c1ccccc1)c1ccccc1. The molecule has 7 nitrogen and oxygen atoms in total. The number of thioether (sulfide) groups is 1. The minimum absolute atomic E-state index is 0.0631. The van der Waals surface area contributed by atoms with Gasteiger partial charge in [0.1, 0.15) is 11.3 Å². The highest BCUT2D eigenvalue weighted by atomic mass is 127. The van der Waals surface area contributed by atoms with Crippen LogP contribution in [0.5, 0.6) is 5.75 Å². The number of nitrogens with one attached hydrogen (secondary N) is 1. The fourth-order valence-electron chi connectivity index (χ4n) is 4.23. The molecule has 1 heterocycles. The van der Waals surface area contributed by atoms with Crippen LogP contribution in [0.2, 0.25) is 0 Å². The van der Waals surface area contributed by atoms with Crippen LogP contribution in [0.25, 0.3) is 6.08 Å². The van der Waals surface area contributed by atoms with Crippen LogP contribution in [-0.4, -0.2) is 38.6 Å². The third kappa shape index (κ3) is 8.01. The van der Waals surface area contributed by atoms with Gasteiger partial charge in [-0.3, -0.25) is 19.3 Å². The minimum atomic E-state index is -0.724. The van der Waals surface area contributed by atoms with Gasteiger partial charge in [0.05, 0.1) is 19.8 Å². The average molecular weight is 768 g/mol. The number of carbonyl (C=O) groups excluding carboxylic acids is 3. The molecular formula is C33H27BrIN3O4S. The summed E-state index contributed by atoms with van der Waals surface area (Å²) >= 11 is 6.26. The number of allylic oxidation sites excluding steroid dienone is 4. The highest BCUT2D eigenvalue weighted by Crippen LogP contribution is 2.32.